The number of hydrogen-bond acceptors (Lipinski definition) is 8. The number of sulfonamides is 1. The number of rotatable bonds is 6. The zero-order chi connectivity index (χ0) is 22.8. The molecule has 10 heteroatoms. The number of benzene rings is 3. The summed E-state index contributed by atoms with van der Waals surface area (Å²) in [7, 11) is -4.02. The molecule has 33 heavy (non-hydrogen) atoms. The molecule has 5 rings (SSSR count). The largest absolute Gasteiger partial charge is 0.337 e. The summed E-state index contributed by atoms with van der Waals surface area (Å²) in [6.45, 7) is 0. The van der Waals surface area contributed by atoms with Gasteiger partial charge in [-0.3, -0.25) is 20.4 Å². The average molecular weight is 459 g/mol. The number of nitrogens with one attached hydrogen (secondary N) is 3. The van der Waals surface area contributed by atoms with Crippen molar-refractivity contribution in [2.75, 3.05) is 15.5 Å². The Morgan fingerprint density at radius 2 is 1.52 bits per heavy atom. The standard InChI is InChI=1S/C23H18N6O3S/c30-28-17-6-3-7-18(14-17)33(31,32)29-23-22(26-20-8-1-2-9-21(20)27-23)25-16-10-11-19-15(13-16)5-4-12-24-19/h1-14,28,30H,(H,25,26)(H,27,29). The summed E-state index contributed by atoms with van der Waals surface area (Å²) in [4.78, 5) is 13.4. The van der Waals surface area contributed by atoms with E-state index >= 15 is 0 Å². The highest BCUT2D eigenvalue weighted by Gasteiger charge is 2.19. The van der Waals surface area contributed by atoms with Crippen molar-refractivity contribution in [2.45, 2.75) is 4.90 Å². The summed E-state index contributed by atoms with van der Waals surface area (Å²) in [5.41, 5.74) is 4.87. The van der Waals surface area contributed by atoms with Crippen LogP contribution in [0.5, 0.6) is 0 Å². The van der Waals surface area contributed by atoms with E-state index < -0.39 is 10.0 Å². The summed E-state index contributed by atoms with van der Waals surface area (Å²) < 4.78 is 28.6. The minimum atomic E-state index is -4.02. The van der Waals surface area contributed by atoms with Gasteiger partial charge in [-0.1, -0.05) is 24.3 Å². The van der Waals surface area contributed by atoms with Gasteiger partial charge in [-0.15, -0.1) is 0 Å². The second kappa shape index (κ2) is 8.34. The van der Waals surface area contributed by atoms with Gasteiger partial charge in [0.15, 0.2) is 11.6 Å². The number of nitrogens with zero attached hydrogens (tertiary/aromatic N) is 3. The SMILES string of the molecule is O=S(=O)(Nc1nc2ccccc2nc1Nc1ccc2ncccc2c1)c1cccc(NO)c1. The first-order valence-electron chi connectivity index (χ1n) is 9.93. The first kappa shape index (κ1) is 20.6. The van der Waals surface area contributed by atoms with Gasteiger partial charge in [0.05, 0.1) is 27.1 Å². The molecule has 2 aromatic heterocycles. The van der Waals surface area contributed by atoms with Gasteiger partial charge in [-0.2, -0.15) is 0 Å². The van der Waals surface area contributed by atoms with Gasteiger partial charge in [0, 0.05) is 17.3 Å². The number of pyridine rings is 1. The van der Waals surface area contributed by atoms with E-state index in [2.05, 4.69) is 25.0 Å². The maximum atomic E-state index is 13.1. The van der Waals surface area contributed by atoms with E-state index in [4.69, 9.17) is 5.21 Å². The van der Waals surface area contributed by atoms with Crippen LogP contribution in [0, 0.1) is 0 Å². The number of fused-ring (bicyclic) bond motifs is 2. The van der Waals surface area contributed by atoms with Crippen molar-refractivity contribution in [1.29, 1.82) is 0 Å². The maximum absolute atomic E-state index is 13.1. The van der Waals surface area contributed by atoms with Crippen LogP contribution in [0.1, 0.15) is 0 Å². The molecule has 0 amide bonds. The lowest BCUT2D eigenvalue weighted by atomic mass is 10.2. The molecule has 0 fully saturated rings. The molecule has 0 atom stereocenters. The van der Waals surface area contributed by atoms with E-state index in [9.17, 15) is 8.42 Å². The van der Waals surface area contributed by atoms with Gasteiger partial charge in [0.2, 0.25) is 0 Å². The molecular weight excluding hydrogens is 440 g/mol. The van der Waals surface area contributed by atoms with Crippen molar-refractivity contribution in [2.24, 2.45) is 0 Å². The summed E-state index contributed by atoms with van der Waals surface area (Å²) >= 11 is 0. The van der Waals surface area contributed by atoms with Gasteiger partial charge in [0.25, 0.3) is 10.0 Å². The lowest BCUT2D eigenvalue weighted by Crippen LogP contribution is -2.16. The molecule has 0 aliphatic carbocycles. The van der Waals surface area contributed by atoms with Crippen molar-refractivity contribution in [3.63, 3.8) is 0 Å². The third kappa shape index (κ3) is 4.25. The Morgan fingerprint density at radius 3 is 2.30 bits per heavy atom. The molecule has 0 saturated heterocycles. The summed E-state index contributed by atoms with van der Waals surface area (Å²) in [6, 6.07) is 22.3. The van der Waals surface area contributed by atoms with E-state index in [1.807, 2.05) is 41.9 Å². The average Bonchev–Trinajstić information content (AvgIpc) is 2.84. The molecule has 2 heterocycles. The minimum Gasteiger partial charge on any atom is -0.337 e. The Labute approximate surface area is 189 Å². The summed E-state index contributed by atoms with van der Waals surface area (Å²) in [6.07, 6.45) is 1.72. The molecule has 0 unspecified atom stereocenters. The molecule has 0 bridgehead atoms. The fourth-order valence-electron chi connectivity index (χ4n) is 3.37. The molecule has 0 aliphatic rings. The van der Waals surface area contributed by atoms with Crippen molar-refractivity contribution in [3.8, 4) is 0 Å². The zero-order valence-corrected chi connectivity index (χ0v) is 17.9. The molecule has 3 aromatic carbocycles. The van der Waals surface area contributed by atoms with Crippen LogP contribution in [-0.2, 0) is 10.0 Å². The summed E-state index contributed by atoms with van der Waals surface area (Å²) in [5, 5.41) is 13.2. The maximum Gasteiger partial charge on any atom is 0.263 e. The molecule has 5 aromatic rings. The molecule has 0 aliphatic heterocycles. The molecule has 4 N–H and O–H groups in total. The van der Waals surface area contributed by atoms with E-state index in [0.29, 0.717) is 16.7 Å². The van der Waals surface area contributed by atoms with Crippen LogP contribution in [0.15, 0.2) is 90.0 Å². The second-order valence-corrected chi connectivity index (χ2v) is 8.87. The Kier molecular flexibility index (Phi) is 5.21. The Morgan fingerprint density at radius 1 is 0.727 bits per heavy atom. The third-order valence-corrected chi connectivity index (χ3v) is 6.28. The van der Waals surface area contributed by atoms with Crippen molar-refractivity contribution < 1.29 is 13.6 Å². The second-order valence-electron chi connectivity index (χ2n) is 7.19. The van der Waals surface area contributed by atoms with Gasteiger partial charge in [-0.25, -0.2) is 18.4 Å². The first-order chi connectivity index (χ1) is 16.0. The van der Waals surface area contributed by atoms with E-state index in [-0.39, 0.29) is 22.2 Å². The van der Waals surface area contributed by atoms with Crippen LogP contribution in [0.2, 0.25) is 0 Å². The Balaban J connectivity index is 1.57. The molecule has 164 valence electrons. The zero-order valence-electron chi connectivity index (χ0n) is 17.1. The number of hydrogen-bond donors (Lipinski definition) is 4. The molecule has 0 radical (unpaired) electrons. The van der Waals surface area contributed by atoms with Crippen molar-refractivity contribution >= 4 is 55.0 Å². The van der Waals surface area contributed by atoms with Crippen LogP contribution in [-0.4, -0.2) is 28.6 Å². The van der Waals surface area contributed by atoms with Crippen LogP contribution in [0.25, 0.3) is 21.9 Å². The predicted molar refractivity (Wildman–Crippen MR) is 127 cm³/mol. The smallest absolute Gasteiger partial charge is 0.263 e. The van der Waals surface area contributed by atoms with Gasteiger partial charge in [-0.05, 0) is 54.6 Å². The predicted octanol–water partition coefficient (Wildman–Crippen LogP) is 4.52. The van der Waals surface area contributed by atoms with Gasteiger partial charge < -0.3 is 5.32 Å². The highest BCUT2D eigenvalue weighted by molar-refractivity contribution is 7.92. The van der Waals surface area contributed by atoms with Gasteiger partial charge in [0.1, 0.15) is 0 Å². The van der Waals surface area contributed by atoms with Crippen molar-refractivity contribution in [1.82, 2.24) is 15.0 Å². The fraction of sp³-hybridized carbons (Fsp3) is 0. The topological polar surface area (TPSA) is 129 Å². The van der Waals surface area contributed by atoms with Crippen LogP contribution >= 0.6 is 0 Å². The van der Waals surface area contributed by atoms with E-state index in [1.54, 1.807) is 24.4 Å². The van der Waals surface area contributed by atoms with E-state index in [0.717, 1.165) is 10.9 Å². The van der Waals surface area contributed by atoms with Crippen LogP contribution in [0.3, 0.4) is 0 Å². The lowest BCUT2D eigenvalue weighted by Gasteiger charge is -2.14. The quantitative estimate of drug-likeness (QED) is 0.273. The minimum absolute atomic E-state index is 0.0424. The van der Waals surface area contributed by atoms with E-state index in [1.165, 1.54) is 24.3 Å². The molecular formula is C23H18N6O3S. The molecule has 0 spiro atoms. The third-order valence-electron chi connectivity index (χ3n) is 4.94. The lowest BCUT2D eigenvalue weighted by molar-refractivity contribution is 0.388. The molecule has 0 saturated carbocycles. The van der Waals surface area contributed by atoms with Crippen molar-refractivity contribution in [3.05, 3.63) is 85.1 Å². The normalized spacial score (nSPS) is 11.4. The highest BCUT2D eigenvalue weighted by Crippen LogP contribution is 2.28. The fourth-order valence-corrected chi connectivity index (χ4v) is 4.42. The summed E-state index contributed by atoms with van der Waals surface area (Å²) in [5.74, 6) is 0.291. The van der Waals surface area contributed by atoms with Gasteiger partial charge >= 0.3 is 0 Å². The van der Waals surface area contributed by atoms with Crippen LogP contribution < -0.4 is 15.5 Å². The van der Waals surface area contributed by atoms with Crippen LogP contribution in [0.4, 0.5) is 23.0 Å². The Hall–Kier alpha value is -4.28. The Bertz CT molecular complexity index is 1590. The molecule has 9 nitrogen and oxygen atoms in total. The number of anilines is 4. The number of para-hydroxylation sites is 2. The monoisotopic (exact) mass is 458 g/mol. The number of aromatic nitrogens is 3. The highest BCUT2D eigenvalue weighted by atomic mass is 32.2. The first-order valence-corrected chi connectivity index (χ1v) is 11.4.